The molecule has 31 heavy (non-hydrogen) atoms. The van der Waals surface area contributed by atoms with Gasteiger partial charge in [0.15, 0.2) is 0 Å². The highest BCUT2D eigenvalue weighted by atomic mass is 35.5. The monoisotopic (exact) mass is 433 g/mol. The second kappa shape index (κ2) is 8.28. The van der Waals surface area contributed by atoms with Gasteiger partial charge in [-0.05, 0) is 61.0 Å². The second-order valence-electron chi connectivity index (χ2n) is 7.28. The summed E-state index contributed by atoms with van der Waals surface area (Å²) >= 11 is 5.96. The smallest absolute Gasteiger partial charge is 0.300 e. The van der Waals surface area contributed by atoms with E-state index in [1.807, 2.05) is 19.1 Å². The summed E-state index contributed by atoms with van der Waals surface area (Å²) in [7, 11) is 1.56. The molecule has 1 saturated heterocycles. The summed E-state index contributed by atoms with van der Waals surface area (Å²) in [6.45, 7) is 1.94. The molecular formula is C25H20ClNO4. The van der Waals surface area contributed by atoms with Crippen LogP contribution in [0.5, 0.6) is 5.75 Å². The van der Waals surface area contributed by atoms with Crippen molar-refractivity contribution in [2.75, 3.05) is 12.0 Å². The minimum Gasteiger partial charge on any atom is -0.507 e. The number of rotatable bonds is 4. The van der Waals surface area contributed by atoms with Gasteiger partial charge >= 0.3 is 0 Å². The summed E-state index contributed by atoms with van der Waals surface area (Å²) in [5.41, 5.74) is 2.71. The van der Waals surface area contributed by atoms with Crippen LogP contribution >= 0.6 is 11.6 Å². The number of carbonyl (C=O) groups excluding carboxylic acids is 2. The second-order valence-corrected chi connectivity index (χ2v) is 7.72. The molecule has 3 aromatic carbocycles. The number of Topliss-reactive ketones (excluding diaryl/α,β-unsaturated/α-hetero) is 1. The van der Waals surface area contributed by atoms with Crippen molar-refractivity contribution in [3.05, 3.63) is 100 Å². The number of hydrogen-bond donors (Lipinski definition) is 1. The van der Waals surface area contributed by atoms with E-state index in [1.165, 1.54) is 4.90 Å². The van der Waals surface area contributed by atoms with E-state index in [2.05, 4.69) is 0 Å². The van der Waals surface area contributed by atoms with Crippen molar-refractivity contribution >= 4 is 34.7 Å². The molecule has 0 bridgehead atoms. The Hall–Kier alpha value is -3.57. The molecule has 0 saturated carbocycles. The predicted molar refractivity (Wildman–Crippen MR) is 120 cm³/mol. The summed E-state index contributed by atoms with van der Waals surface area (Å²) in [4.78, 5) is 27.6. The quantitative estimate of drug-likeness (QED) is 0.345. The summed E-state index contributed by atoms with van der Waals surface area (Å²) in [5, 5.41) is 11.6. The fourth-order valence-corrected chi connectivity index (χ4v) is 3.80. The number of aliphatic hydroxyl groups is 1. The molecule has 3 aromatic rings. The summed E-state index contributed by atoms with van der Waals surface area (Å²) in [6, 6.07) is 20.1. The van der Waals surface area contributed by atoms with E-state index in [0.29, 0.717) is 27.6 Å². The Kier molecular flexibility index (Phi) is 5.53. The molecule has 1 heterocycles. The zero-order valence-electron chi connectivity index (χ0n) is 17.0. The van der Waals surface area contributed by atoms with Crippen LogP contribution in [0.4, 0.5) is 5.69 Å². The number of nitrogens with zero attached hydrogens (tertiary/aromatic N) is 1. The third-order valence-electron chi connectivity index (χ3n) is 5.31. The van der Waals surface area contributed by atoms with Gasteiger partial charge in [0.25, 0.3) is 11.7 Å². The minimum absolute atomic E-state index is 0.0260. The molecule has 156 valence electrons. The van der Waals surface area contributed by atoms with E-state index < -0.39 is 17.7 Å². The average Bonchev–Trinajstić information content (AvgIpc) is 3.05. The Bertz CT molecular complexity index is 1170. The van der Waals surface area contributed by atoms with Gasteiger partial charge in [0.2, 0.25) is 0 Å². The van der Waals surface area contributed by atoms with Crippen molar-refractivity contribution in [3.63, 3.8) is 0 Å². The molecule has 0 radical (unpaired) electrons. The maximum atomic E-state index is 13.1. The number of aryl methyl sites for hydroxylation is 1. The van der Waals surface area contributed by atoms with E-state index in [1.54, 1.807) is 67.8 Å². The van der Waals surface area contributed by atoms with E-state index in [4.69, 9.17) is 16.3 Å². The molecule has 5 nitrogen and oxygen atoms in total. The van der Waals surface area contributed by atoms with E-state index in [9.17, 15) is 14.7 Å². The molecule has 6 heteroatoms. The number of carbonyl (C=O) groups is 2. The maximum Gasteiger partial charge on any atom is 0.300 e. The van der Waals surface area contributed by atoms with Crippen LogP contribution in [0, 0.1) is 6.92 Å². The van der Waals surface area contributed by atoms with Gasteiger partial charge in [0.05, 0.1) is 18.7 Å². The average molecular weight is 434 g/mol. The number of halogens is 1. The van der Waals surface area contributed by atoms with Crippen LogP contribution < -0.4 is 9.64 Å². The molecule has 1 amide bonds. The lowest BCUT2D eigenvalue weighted by molar-refractivity contribution is -0.132. The number of ether oxygens (including phenoxy) is 1. The molecule has 0 aliphatic carbocycles. The third kappa shape index (κ3) is 3.80. The van der Waals surface area contributed by atoms with Crippen LogP contribution in [-0.2, 0) is 9.59 Å². The lowest BCUT2D eigenvalue weighted by Crippen LogP contribution is -2.29. The number of methoxy groups -OCH3 is 1. The predicted octanol–water partition coefficient (Wildman–Crippen LogP) is 5.28. The summed E-state index contributed by atoms with van der Waals surface area (Å²) < 4.78 is 5.23. The van der Waals surface area contributed by atoms with E-state index in [0.717, 1.165) is 5.56 Å². The molecular weight excluding hydrogens is 414 g/mol. The van der Waals surface area contributed by atoms with Gasteiger partial charge in [0, 0.05) is 16.3 Å². The van der Waals surface area contributed by atoms with Crippen LogP contribution in [-0.4, -0.2) is 23.9 Å². The van der Waals surface area contributed by atoms with Gasteiger partial charge in [-0.1, -0.05) is 41.4 Å². The van der Waals surface area contributed by atoms with Crippen molar-refractivity contribution in [2.24, 2.45) is 0 Å². The van der Waals surface area contributed by atoms with Crippen LogP contribution in [0.25, 0.3) is 5.76 Å². The summed E-state index contributed by atoms with van der Waals surface area (Å²) in [5.74, 6) is -1.03. The van der Waals surface area contributed by atoms with Crippen molar-refractivity contribution < 1.29 is 19.4 Å². The number of hydrogen-bond acceptors (Lipinski definition) is 4. The summed E-state index contributed by atoms with van der Waals surface area (Å²) in [6.07, 6.45) is 0. The molecule has 4 rings (SSSR count). The molecule has 1 aliphatic rings. The van der Waals surface area contributed by atoms with Gasteiger partial charge in [-0.15, -0.1) is 0 Å². The minimum atomic E-state index is -0.788. The van der Waals surface area contributed by atoms with Crippen molar-refractivity contribution in [3.8, 4) is 5.75 Å². The standard InChI is InChI=1S/C25H20ClNO4/c1-15-3-11-19(12-4-15)27-22(16-7-13-20(31-2)14-8-16)21(24(29)25(27)30)23(28)17-5-9-18(26)10-6-17/h3-14,22,28H,1-2H3/b23-21-. The van der Waals surface area contributed by atoms with Crippen LogP contribution in [0.1, 0.15) is 22.7 Å². The lowest BCUT2D eigenvalue weighted by Gasteiger charge is -2.25. The number of amides is 1. The molecule has 0 spiro atoms. The zero-order chi connectivity index (χ0) is 22.1. The van der Waals surface area contributed by atoms with E-state index >= 15 is 0 Å². The van der Waals surface area contributed by atoms with Gasteiger partial charge in [-0.2, -0.15) is 0 Å². The Labute approximate surface area is 185 Å². The number of ketones is 1. The molecule has 1 fully saturated rings. The number of anilines is 1. The van der Waals surface area contributed by atoms with Crippen molar-refractivity contribution in [1.82, 2.24) is 0 Å². The lowest BCUT2D eigenvalue weighted by atomic mass is 9.95. The first-order valence-corrected chi connectivity index (χ1v) is 10.1. The van der Waals surface area contributed by atoms with Gasteiger partial charge in [-0.25, -0.2) is 0 Å². The first kappa shape index (κ1) is 20.7. The molecule has 1 atom stereocenters. The van der Waals surface area contributed by atoms with Crippen molar-refractivity contribution in [1.29, 1.82) is 0 Å². The van der Waals surface area contributed by atoms with Crippen LogP contribution in [0.2, 0.25) is 5.02 Å². The van der Waals surface area contributed by atoms with Crippen molar-refractivity contribution in [2.45, 2.75) is 13.0 Å². The highest BCUT2D eigenvalue weighted by molar-refractivity contribution is 6.51. The normalized spacial score (nSPS) is 17.8. The van der Waals surface area contributed by atoms with Gasteiger partial charge in [-0.3, -0.25) is 14.5 Å². The number of benzene rings is 3. The highest BCUT2D eigenvalue weighted by Gasteiger charge is 2.46. The largest absolute Gasteiger partial charge is 0.507 e. The Morgan fingerprint density at radius 3 is 2.13 bits per heavy atom. The van der Waals surface area contributed by atoms with Gasteiger partial charge < -0.3 is 9.84 Å². The Balaban J connectivity index is 1.92. The van der Waals surface area contributed by atoms with E-state index in [-0.39, 0.29) is 11.3 Å². The molecule has 1 aliphatic heterocycles. The first-order chi connectivity index (χ1) is 14.9. The van der Waals surface area contributed by atoms with Gasteiger partial charge in [0.1, 0.15) is 11.5 Å². The first-order valence-electron chi connectivity index (χ1n) is 9.68. The SMILES string of the molecule is COc1ccc(C2/C(=C(/O)c3ccc(Cl)cc3)C(=O)C(=O)N2c2ccc(C)cc2)cc1. The molecule has 0 aromatic heterocycles. The maximum absolute atomic E-state index is 13.1. The van der Waals surface area contributed by atoms with Crippen LogP contribution in [0.3, 0.4) is 0 Å². The Morgan fingerprint density at radius 1 is 0.935 bits per heavy atom. The highest BCUT2D eigenvalue weighted by Crippen LogP contribution is 2.42. The topological polar surface area (TPSA) is 66.8 Å². The Morgan fingerprint density at radius 2 is 1.55 bits per heavy atom. The fraction of sp³-hybridized carbons (Fsp3) is 0.120. The molecule has 1 N–H and O–H groups in total. The third-order valence-corrected chi connectivity index (χ3v) is 5.56. The molecule has 1 unspecified atom stereocenters. The number of aliphatic hydroxyl groups excluding tert-OH is 1. The zero-order valence-corrected chi connectivity index (χ0v) is 17.8. The van der Waals surface area contributed by atoms with Crippen LogP contribution in [0.15, 0.2) is 78.4 Å². The fourth-order valence-electron chi connectivity index (χ4n) is 3.67.